The first kappa shape index (κ1) is 20.0. The molecule has 1 saturated carbocycles. The van der Waals surface area contributed by atoms with Crippen LogP contribution in [0.2, 0.25) is 0 Å². The highest BCUT2D eigenvalue weighted by Gasteiger charge is 2.25. The van der Waals surface area contributed by atoms with Gasteiger partial charge in [-0.15, -0.1) is 0 Å². The topological polar surface area (TPSA) is 100 Å². The summed E-state index contributed by atoms with van der Waals surface area (Å²) in [7, 11) is 0. The first-order valence-electron chi connectivity index (χ1n) is 10.7. The average Bonchev–Trinajstić information content (AvgIpc) is 3.38. The molecule has 3 N–H and O–H groups in total. The second-order valence-electron chi connectivity index (χ2n) is 8.49. The van der Waals surface area contributed by atoms with E-state index < -0.39 is 11.9 Å². The van der Waals surface area contributed by atoms with E-state index in [4.69, 9.17) is 4.98 Å². The third-order valence-electron chi connectivity index (χ3n) is 5.32. The molecule has 8 heteroatoms. The summed E-state index contributed by atoms with van der Waals surface area (Å²) in [5.74, 6) is 0.413. The molecule has 3 aromatic rings. The number of fused-ring (bicyclic) bond motifs is 1. The van der Waals surface area contributed by atoms with Gasteiger partial charge in [-0.1, -0.05) is 35.9 Å². The Bertz CT molecular complexity index is 1280. The summed E-state index contributed by atoms with van der Waals surface area (Å²) in [5.41, 5.74) is 5.97. The molecule has 0 atom stereocenters. The monoisotopic (exact) mass is 428 g/mol. The minimum Gasteiger partial charge on any atom is -0.367 e. The molecule has 32 heavy (non-hydrogen) atoms. The standard InChI is InChI=1S/C24H24N6O2/c1-14(2)9-15-3-5-16(6-4-15)10-19-12-21(26-18-7-8-18)30-22(27-19)17(13-25-30)11-20-23(31)29-24(32)28-20/h3-6,9,11-13,18,26H,7-8,10H2,1-2H3,(H2,28,29,31,32)/b20-11-. The predicted octanol–water partition coefficient (Wildman–Crippen LogP) is 3.50. The number of nitrogens with zero attached hydrogens (tertiary/aromatic N) is 3. The summed E-state index contributed by atoms with van der Waals surface area (Å²) in [6, 6.07) is 10.4. The summed E-state index contributed by atoms with van der Waals surface area (Å²) in [5, 5.41) is 12.7. The molecule has 2 fully saturated rings. The number of hydrogen-bond acceptors (Lipinski definition) is 5. The molecule has 3 amide bonds. The molecule has 1 aromatic carbocycles. The van der Waals surface area contributed by atoms with Crippen LogP contribution >= 0.6 is 0 Å². The van der Waals surface area contributed by atoms with Crippen molar-refractivity contribution in [3.8, 4) is 0 Å². The largest absolute Gasteiger partial charge is 0.367 e. The van der Waals surface area contributed by atoms with Crippen LogP contribution in [0, 0.1) is 0 Å². The molecule has 8 nitrogen and oxygen atoms in total. The van der Waals surface area contributed by atoms with Gasteiger partial charge in [0.1, 0.15) is 11.5 Å². The van der Waals surface area contributed by atoms with Crippen molar-refractivity contribution >= 4 is 35.6 Å². The van der Waals surface area contributed by atoms with Crippen molar-refractivity contribution in [2.45, 2.75) is 39.2 Å². The van der Waals surface area contributed by atoms with Crippen molar-refractivity contribution in [1.82, 2.24) is 25.2 Å². The summed E-state index contributed by atoms with van der Waals surface area (Å²) >= 11 is 0. The number of aromatic nitrogens is 3. The Morgan fingerprint density at radius 2 is 1.97 bits per heavy atom. The number of urea groups is 1. The first-order valence-corrected chi connectivity index (χ1v) is 10.7. The van der Waals surface area contributed by atoms with Gasteiger partial charge in [0.25, 0.3) is 5.91 Å². The SMILES string of the molecule is CC(C)=Cc1ccc(Cc2cc(NC3CC3)n3ncc(/C=C4\NC(=O)NC4=O)c3n2)cc1. The molecule has 5 rings (SSSR count). The molecular formula is C24H24N6O2. The van der Waals surface area contributed by atoms with Crippen LogP contribution in [0.3, 0.4) is 0 Å². The van der Waals surface area contributed by atoms with Crippen LogP contribution in [-0.4, -0.2) is 32.6 Å². The normalized spacial score (nSPS) is 16.9. The Labute approximate surface area is 185 Å². The second-order valence-corrected chi connectivity index (χ2v) is 8.49. The minimum atomic E-state index is -0.529. The van der Waals surface area contributed by atoms with Crippen LogP contribution in [-0.2, 0) is 11.2 Å². The van der Waals surface area contributed by atoms with Crippen LogP contribution in [0.15, 0.2) is 47.8 Å². The summed E-state index contributed by atoms with van der Waals surface area (Å²) in [4.78, 5) is 28.2. The minimum absolute atomic E-state index is 0.184. The van der Waals surface area contributed by atoms with E-state index in [1.54, 1.807) is 16.8 Å². The molecule has 1 saturated heterocycles. The maximum Gasteiger partial charge on any atom is 0.326 e. The zero-order valence-electron chi connectivity index (χ0n) is 18.0. The highest BCUT2D eigenvalue weighted by atomic mass is 16.2. The second kappa shape index (κ2) is 7.96. The number of benzene rings is 1. The third-order valence-corrected chi connectivity index (χ3v) is 5.32. The summed E-state index contributed by atoms with van der Waals surface area (Å²) < 4.78 is 1.75. The highest BCUT2D eigenvalue weighted by molar-refractivity contribution is 6.14. The lowest BCUT2D eigenvalue weighted by atomic mass is 10.1. The zero-order valence-corrected chi connectivity index (χ0v) is 18.0. The maximum absolute atomic E-state index is 11.9. The summed E-state index contributed by atoms with van der Waals surface area (Å²) in [6.07, 6.45) is 8.35. The number of rotatable bonds is 6. The highest BCUT2D eigenvalue weighted by Crippen LogP contribution is 2.27. The molecule has 3 heterocycles. The number of nitrogens with one attached hydrogen (secondary N) is 3. The van der Waals surface area contributed by atoms with E-state index in [0.717, 1.165) is 29.9 Å². The molecular weight excluding hydrogens is 404 g/mol. The Hall–Kier alpha value is -3.94. The Balaban J connectivity index is 1.51. The Morgan fingerprint density at radius 3 is 2.62 bits per heavy atom. The van der Waals surface area contributed by atoms with Crippen LogP contribution < -0.4 is 16.0 Å². The van der Waals surface area contributed by atoms with Crippen molar-refractivity contribution in [1.29, 1.82) is 0 Å². The van der Waals surface area contributed by atoms with Gasteiger partial charge < -0.3 is 10.6 Å². The quantitative estimate of drug-likeness (QED) is 0.412. The number of allylic oxidation sites excluding steroid dienone is 1. The third kappa shape index (κ3) is 4.25. The van der Waals surface area contributed by atoms with Crippen LogP contribution in [0.4, 0.5) is 10.6 Å². The zero-order chi connectivity index (χ0) is 22.2. The predicted molar refractivity (Wildman–Crippen MR) is 123 cm³/mol. The van der Waals surface area contributed by atoms with E-state index in [9.17, 15) is 9.59 Å². The molecule has 2 aliphatic rings. The van der Waals surface area contributed by atoms with Gasteiger partial charge in [0.15, 0.2) is 5.65 Å². The Morgan fingerprint density at radius 1 is 1.19 bits per heavy atom. The molecule has 0 bridgehead atoms. The van der Waals surface area contributed by atoms with Gasteiger partial charge in [-0.2, -0.15) is 9.61 Å². The number of amides is 3. The van der Waals surface area contributed by atoms with Crippen molar-refractivity contribution in [3.63, 3.8) is 0 Å². The van der Waals surface area contributed by atoms with E-state index in [1.807, 2.05) is 6.07 Å². The van der Waals surface area contributed by atoms with Crippen molar-refractivity contribution < 1.29 is 9.59 Å². The number of carbonyl (C=O) groups excluding carboxylic acids is 2. The van der Waals surface area contributed by atoms with Gasteiger partial charge >= 0.3 is 6.03 Å². The van der Waals surface area contributed by atoms with Gasteiger partial charge in [-0.25, -0.2) is 9.78 Å². The molecule has 0 spiro atoms. The molecule has 162 valence electrons. The lowest BCUT2D eigenvalue weighted by Crippen LogP contribution is -2.22. The Kier molecular flexibility index (Phi) is 4.97. The fourth-order valence-corrected chi connectivity index (χ4v) is 3.67. The van der Waals surface area contributed by atoms with Crippen LogP contribution in [0.25, 0.3) is 17.8 Å². The van der Waals surface area contributed by atoms with Crippen molar-refractivity contribution in [3.05, 3.63) is 70.2 Å². The number of hydrogen-bond donors (Lipinski definition) is 3. The number of carbonyl (C=O) groups is 2. The van der Waals surface area contributed by atoms with Gasteiger partial charge in [-0.05, 0) is 43.9 Å². The molecule has 2 aromatic heterocycles. The lowest BCUT2D eigenvalue weighted by Gasteiger charge is -2.10. The summed E-state index contributed by atoms with van der Waals surface area (Å²) in [6.45, 7) is 4.17. The molecule has 1 aliphatic heterocycles. The van der Waals surface area contributed by atoms with E-state index in [-0.39, 0.29) is 5.70 Å². The van der Waals surface area contributed by atoms with Gasteiger partial charge in [0.05, 0.1) is 11.9 Å². The van der Waals surface area contributed by atoms with Crippen LogP contribution in [0.5, 0.6) is 0 Å². The fourth-order valence-electron chi connectivity index (χ4n) is 3.67. The van der Waals surface area contributed by atoms with E-state index >= 15 is 0 Å². The van der Waals surface area contributed by atoms with E-state index in [0.29, 0.717) is 23.7 Å². The number of imide groups is 1. The lowest BCUT2D eigenvalue weighted by molar-refractivity contribution is -0.115. The number of anilines is 1. The molecule has 1 aliphatic carbocycles. The van der Waals surface area contributed by atoms with Crippen LogP contribution in [0.1, 0.15) is 49.1 Å². The fraction of sp³-hybridized carbons (Fsp3) is 0.250. The van der Waals surface area contributed by atoms with Crippen molar-refractivity contribution in [2.24, 2.45) is 0 Å². The van der Waals surface area contributed by atoms with E-state index in [1.165, 1.54) is 11.1 Å². The van der Waals surface area contributed by atoms with Crippen molar-refractivity contribution in [2.75, 3.05) is 5.32 Å². The maximum atomic E-state index is 11.9. The van der Waals surface area contributed by atoms with E-state index in [2.05, 4.69) is 65.2 Å². The average molecular weight is 428 g/mol. The first-order chi connectivity index (χ1) is 15.4. The smallest absolute Gasteiger partial charge is 0.326 e. The van der Waals surface area contributed by atoms with Gasteiger partial charge in [0.2, 0.25) is 0 Å². The molecule has 0 radical (unpaired) electrons. The van der Waals surface area contributed by atoms with Gasteiger partial charge in [0, 0.05) is 24.1 Å². The molecule has 0 unspecified atom stereocenters. The van der Waals surface area contributed by atoms with Gasteiger partial charge in [-0.3, -0.25) is 10.1 Å².